The SMILES string of the molecule is O=C(CSCc1cccc2ccccc12)NCCc1ccc(Cl)cc1. The second-order valence-electron chi connectivity index (χ2n) is 5.86. The number of amides is 1. The van der Waals surface area contributed by atoms with Gasteiger partial charge in [-0.1, -0.05) is 66.2 Å². The lowest BCUT2D eigenvalue weighted by Crippen LogP contribution is -2.27. The van der Waals surface area contributed by atoms with E-state index in [0.29, 0.717) is 12.3 Å². The maximum absolute atomic E-state index is 12.0. The number of carbonyl (C=O) groups is 1. The van der Waals surface area contributed by atoms with E-state index in [4.69, 9.17) is 11.6 Å². The highest BCUT2D eigenvalue weighted by molar-refractivity contribution is 7.99. The zero-order valence-corrected chi connectivity index (χ0v) is 15.4. The molecule has 25 heavy (non-hydrogen) atoms. The highest BCUT2D eigenvalue weighted by atomic mass is 35.5. The van der Waals surface area contributed by atoms with Gasteiger partial charge in [0.2, 0.25) is 5.91 Å². The molecule has 0 fully saturated rings. The van der Waals surface area contributed by atoms with Gasteiger partial charge in [-0.2, -0.15) is 0 Å². The first-order valence-electron chi connectivity index (χ1n) is 8.28. The minimum Gasteiger partial charge on any atom is -0.355 e. The largest absolute Gasteiger partial charge is 0.355 e. The lowest BCUT2D eigenvalue weighted by molar-refractivity contribution is -0.118. The summed E-state index contributed by atoms with van der Waals surface area (Å²) in [6, 6.07) is 22.4. The van der Waals surface area contributed by atoms with E-state index in [2.05, 4.69) is 41.7 Å². The van der Waals surface area contributed by atoms with Crippen LogP contribution in [0.2, 0.25) is 5.02 Å². The van der Waals surface area contributed by atoms with E-state index < -0.39 is 0 Å². The molecule has 0 unspecified atom stereocenters. The average Bonchev–Trinajstić information content (AvgIpc) is 2.64. The van der Waals surface area contributed by atoms with Crippen molar-refractivity contribution in [3.8, 4) is 0 Å². The van der Waals surface area contributed by atoms with Crippen LogP contribution in [0.25, 0.3) is 10.8 Å². The maximum Gasteiger partial charge on any atom is 0.230 e. The van der Waals surface area contributed by atoms with Crippen LogP contribution in [0.3, 0.4) is 0 Å². The molecule has 3 rings (SSSR count). The van der Waals surface area contributed by atoms with E-state index in [1.807, 2.05) is 30.3 Å². The third kappa shape index (κ3) is 5.25. The van der Waals surface area contributed by atoms with Crippen molar-refractivity contribution >= 4 is 40.0 Å². The standard InChI is InChI=1S/C21H20ClNOS/c22-19-10-8-16(9-11-19)12-13-23-21(24)15-25-14-18-6-3-5-17-4-1-2-7-20(17)18/h1-11H,12-15H2,(H,23,24). The molecule has 1 N–H and O–H groups in total. The van der Waals surface area contributed by atoms with Crippen molar-refractivity contribution in [2.75, 3.05) is 12.3 Å². The smallest absolute Gasteiger partial charge is 0.230 e. The molecule has 0 bridgehead atoms. The molecule has 0 saturated heterocycles. The molecular weight excluding hydrogens is 350 g/mol. The number of rotatable bonds is 7. The van der Waals surface area contributed by atoms with Gasteiger partial charge in [-0.3, -0.25) is 4.79 Å². The molecule has 0 saturated carbocycles. The van der Waals surface area contributed by atoms with Crippen LogP contribution in [0, 0.1) is 0 Å². The van der Waals surface area contributed by atoms with Crippen LogP contribution in [-0.4, -0.2) is 18.2 Å². The number of carbonyl (C=O) groups excluding carboxylic acids is 1. The van der Waals surface area contributed by atoms with Crippen LogP contribution in [0.5, 0.6) is 0 Å². The van der Waals surface area contributed by atoms with E-state index in [-0.39, 0.29) is 5.91 Å². The van der Waals surface area contributed by atoms with Gasteiger partial charge in [0.15, 0.2) is 0 Å². The lowest BCUT2D eigenvalue weighted by Gasteiger charge is -2.07. The van der Waals surface area contributed by atoms with Gasteiger partial charge in [0.1, 0.15) is 0 Å². The zero-order valence-electron chi connectivity index (χ0n) is 13.9. The third-order valence-corrected chi connectivity index (χ3v) is 5.25. The van der Waals surface area contributed by atoms with Crippen LogP contribution in [0.4, 0.5) is 0 Å². The van der Waals surface area contributed by atoms with Crippen LogP contribution < -0.4 is 5.32 Å². The number of benzene rings is 3. The molecule has 0 spiro atoms. The van der Waals surface area contributed by atoms with Crippen molar-refractivity contribution in [3.63, 3.8) is 0 Å². The zero-order chi connectivity index (χ0) is 17.5. The molecular formula is C21H20ClNOS. The Labute approximate surface area is 157 Å². The summed E-state index contributed by atoms with van der Waals surface area (Å²) in [5.74, 6) is 1.40. The highest BCUT2D eigenvalue weighted by Gasteiger charge is 2.04. The second-order valence-corrected chi connectivity index (χ2v) is 7.28. The predicted molar refractivity (Wildman–Crippen MR) is 108 cm³/mol. The Morgan fingerprint density at radius 1 is 0.960 bits per heavy atom. The molecule has 0 atom stereocenters. The molecule has 0 heterocycles. The summed E-state index contributed by atoms with van der Waals surface area (Å²) in [4.78, 5) is 12.0. The number of hydrogen-bond acceptors (Lipinski definition) is 2. The first-order chi connectivity index (χ1) is 12.2. The van der Waals surface area contributed by atoms with Crippen LogP contribution in [0.15, 0.2) is 66.7 Å². The number of hydrogen-bond donors (Lipinski definition) is 1. The quantitative estimate of drug-likeness (QED) is 0.628. The van der Waals surface area contributed by atoms with Crippen molar-refractivity contribution in [1.82, 2.24) is 5.32 Å². The molecule has 0 aliphatic rings. The number of thioether (sulfide) groups is 1. The van der Waals surface area contributed by atoms with E-state index in [0.717, 1.165) is 17.2 Å². The molecule has 0 aliphatic heterocycles. The average molecular weight is 370 g/mol. The van der Waals surface area contributed by atoms with Crippen molar-refractivity contribution in [2.24, 2.45) is 0 Å². The van der Waals surface area contributed by atoms with Crippen molar-refractivity contribution in [1.29, 1.82) is 0 Å². The first kappa shape index (κ1) is 17.8. The Kier molecular flexibility index (Phi) is 6.37. The molecule has 128 valence electrons. The Morgan fingerprint density at radius 3 is 2.56 bits per heavy atom. The summed E-state index contributed by atoms with van der Waals surface area (Å²) in [5, 5.41) is 6.22. The normalized spacial score (nSPS) is 10.8. The number of nitrogens with one attached hydrogen (secondary N) is 1. The molecule has 3 aromatic rings. The number of fused-ring (bicyclic) bond motifs is 1. The molecule has 1 amide bonds. The molecule has 2 nitrogen and oxygen atoms in total. The number of halogens is 1. The Hall–Kier alpha value is -1.97. The van der Waals surface area contributed by atoms with Gasteiger partial charge in [-0.15, -0.1) is 11.8 Å². The summed E-state index contributed by atoms with van der Waals surface area (Å²) in [7, 11) is 0. The fraction of sp³-hybridized carbons (Fsp3) is 0.190. The van der Waals surface area contributed by atoms with E-state index >= 15 is 0 Å². The van der Waals surface area contributed by atoms with E-state index in [1.165, 1.54) is 21.9 Å². The summed E-state index contributed by atoms with van der Waals surface area (Å²) < 4.78 is 0. The van der Waals surface area contributed by atoms with Crippen LogP contribution >= 0.6 is 23.4 Å². The fourth-order valence-electron chi connectivity index (χ4n) is 2.72. The molecule has 4 heteroatoms. The summed E-state index contributed by atoms with van der Waals surface area (Å²) in [5.41, 5.74) is 2.45. The summed E-state index contributed by atoms with van der Waals surface area (Å²) in [6.45, 7) is 0.648. The minimum absolute atomic E-state index is 0.0826. The first-order valence-corrected chi connectivity index (χ1v) is 9.81. The van der Waals surface area contributed by atoms with Gasteiger partial charge in [0.05, 0.1) is 5.75 Å². The lowest BCUT2D eigenvalue weighted by atomic mass is 10.1. The molecule has 0 aromatic heterocycles. The van der Waals surface area contributed by atoms with Gasteiger partial charge in [0, 0.05) is 17.3 Å². The Bertz CT molecular complexity index is 843. The van der Waals surface area contributed by atoms with Gasteiger partial charge in [-0.25, -0.2) is 0 Å². The summed E-state index contributed by atoms with van der Waals surface area (Å²) in [6.07, 6.45) is 0.816. The topological polar surface area (TPSA) is 29.1 Å². The summed E-state index contributed by atoms with van der Waals surface area (Å²) >= 11 is 7.52. The Balaban J connectivity index is 1.42. The second kappa shape index (κ2) is 8.93. The van der Waals surface area contributed by atoms with Gasteiger partial charge in [-0.05, 0) is 40.5 Å². The van der Waals surface area contributed by atoms with E-state index in [9.17, 15) is 4.79 Å². The van der Waals surface area contributed by atoms with Gasteiger partial charge >= 0.3 is 0 Å². The van der Waals surface area contributed by atoms with Crippen molar-refractivity contribution < 1.29 is 4.79 Å². The third-order valence-electron chi connectivity index (χ3n) is 4.02. The predicted octanol–water partition coefficient (Wildman–Crippen LogP) is 5.09. The van der Waals surface area contributed by atoms with Gasteiger partial charge < -0.3 is 5.32 Å². The van der Waals surface area contributed by atoms with Crippen LogP contribution in [0.1, 0.15) is 11.1 Å². The fourth-order valence-corrected chi connectivity index (χ4v) is 3.71. The molecule has 0 aliphatic carbocycles. The molecule has 0 radical (unpaired) electrons. The monoisotopic (exact) mass is 369 g/mol. The highest BCUT2D eigenvalue weighted by Crippen LogP contribution is 2.22. The van der Waals surface area contributed by atoms with Gasteiger partial charge in [0.25, 0.3) is 0 Å². The molecule has 3 aromatic carbocycles. The van der Waals surface area contributed by atoms with Crippen molar-refractivity contribution in [3.05, 3.63) is 82.9 Å². The van der Waals surface area contributed by atoms with Crippen molar-refractivity contribution in [2.45, 2.75) is 12.2 Å². The maximum atomic E-state index is 12.0. The van der Waals surface area contributed by atoms with Crippen LogP contribution in [-0.2, 0) is 17.0 Å². The van der Waals surface area contributed by atoms with E-state index in [1.54, 1.807) is 11.8 Å². The Morgan fingerprint density at radius 2 is 1.72 bits per heavy atom. The minimum atomic E-state index is 0.0826.